The third-order valence-corrected chi connectivity index (χ3v) is 2.78. The highest BCUT2D eigenvalue weighted by molar-refractivity contribution is 6.39. The van der Waals surface area contributed by atoms with Crippen LogP contribution < -0.4 is 5.32 Å². The molecule has 0 aromatic heterocycles. The van der Waals surface area contributed by atoms with Gasteiger partial charge in [0.1, 0.15) is 6.10 Å². The highest BCUT2D eigenvalue weighted by Crippen LogP contribution is 2.29. The number of hydrogen-bond donors (Lipinski definition) is 1. The van der Waals surface area contributed by atoms with Crippen molar-refractivity contribution in [2.75, 3.05) is 11.2 Å². The predicted molar refractivity (Wildman–Crippen MR) is 66.7 cm³/mol. The first-order chi connectivity index (χ1) is 7.54. The number of carbonyl (C=O) groups excluding carboxylic acids is 1. The van der Waals surface area contributed by atoms with Gasteiger partial charge in [-0.3, -0.25) is 5.32 Å². The van der Waals surface area contributed by atoms with Gasteiger partial charge in [0, 0.05) is 0 Å². The first kappa shape index (κ1) is 13.4. The number of anilines is 1. The Morgan fingerprint density at radius 2 is 2.00 bits per heavy atom. The van der Waals surface area contributed by atoms with E-state index < -0.39 is 6.09 Å². The lowest BCUT2D eigenvalue weighted by atomic mass is 10.3. The number of para-hydroxylation sites is 1. The fourth-order valence-corrected chi connectivity index (χ4v) is 1.52. The molecule has 0 heterocycles. The van der Waals surface area contributed by atoms with E-state index in [9.17, 15) is 4.79 Å². The first-order valence-electron chi connectivity index (χ1n) is 4.52. The topological polar surface area (TPSA) is 38.3 Å². The van der Waals surface area contributed by atoms with Crippen LogP contribution in [0.3, 0.4) is 0 Å². The van der Waals surface area contributed by atoms with Crippen LogP contribution in [0.2, 0.25) is 10.0 Å². The van der Waals surface area contributed by atoms with Crippen molar-refractivity contribution in [2.45, 2.75) is 13.0 Å². The standard InChI is InChI=1S/C10H10Cl3NO2/c1-6(5-11)16-10(15)14-9-7(12)3-2-4-8(9)13/h2-4,6H,5H2,1H3,(H,14,15)/t6-/m0/s1. The summed E-state index contributed by atoms with van der Waals surface area (Å²) in [5.41, 5.74) is 0.331. The summed E-state index contributed by atoms with van der Waals surface area (Å²) in [6, 6.07) is 4.92. The quantitative estimate of drug-likeness (QED) is 0.845. The lowest BCUT2D eigenvalue weighted by Gasteiger charge is -2.12. The van der Waals surface area contributed by atoms with Gasteiger partial charge in [-0.05, 0) is 19.1 Å². The third-order valence-electron chi connectivity index (χ3n) is 1.72. The fourth-order valence-electron chi connectivity index (χ4n) is 0.963. The fraction of sp³-hybridized carbons (Fsp3) is 0.300. The van der Waals surface area contributed by atoms with Gasteiger partial charge in [-0.25, -0.2) is 4.79 Å². The smallest absolute Gasteiger partial charge is 0.412 e. The minimum absolute atomic E-state index is 0.226. The van der Waals surface area contributed by atoms with Crippen LogP contribution in [0, 0.1) is 0 Å². The molecule has 0 aliphatic heterocycles. The first-order valence-corrected chi connectivity index (χ1v) is 5.81. The molecule has 0 saturated carbocycles. The Morgan fingerprint density at radius 1 is 1.44 bits per heavy atom. The van der Waals surface area contributed by atoms with Crippen molar-refractivity contribution in [3.63, 3.8) is 0 Å². The lowest BCUT2D eigenvalue weighted by Crippen LogP contribution is -2.21. The number of carbonyl (C=O) groups is 1. The van der Waals surface area contributed by atoms with Crippen LogP contribution in [0.5, 0.6) is 0 Å². The number of alkyl halides is 1. The Kier molecular flexibility index (Phi) is 5.19. The summed E-state index contributed by atoms with van der Waals surface area (Å²) in [7, 11) is 0. The molecule has 1 aromatic carbocycles. The molecular weight excluding hydrogens is 272 g/mol. The number of ether oxygens (including phenoxy) is 1. The number of amides is 1. The van der Waals surface area contributed by atoms with E-state index in [0.29, 0.717) is 15.7 Å². The molecule has 88 valence electrons. The molecular formula is C10H10Cl3NO2. The van der Waals surface area contributed by atoms with E-state index in [0.717, 1.165) is 0 Å². The number of rotatable bonds is 3. The van der Waals surface area contributed by atoms with Gasteiger partial charge in [0.15, 0.2) is 0 Å². The highest BCUT2D eigenvalue weighted by Gasteiger charge is 2.12. The largest absolute Gasteiger partial charge is 0.445 e. The second-order valence-electron chi connectivity index (χ2n) is 3.09. The van der Waals surface area contributed by atoms with Crippen LogP contribution in [0.25, 0.3) is 0 Å². The summed E-state index contributed by atoms with van der Waals surface area (Å²) < 4.78 is 4.91. The Hall–Kier alpha value is -0.640. The number of nitrogens with one attached hydrogen (secondary N) is 1. The summed E-state index contributed by atoms with van der Waals surface area (Å²) in [5.74, 6) is 0.226. The second-order valence-corrected chi connectivity index (χ2v) is 4.21. The van der Waals surface area contributed by atoms with Crippen molar-refractivity contribution in [2.24, 2.45) is 0 Å². The van der Waals surface area contributed by atoms with E-state index in [2.05, 4.69) is 5.32 Å². The monoisotopic (exact) mass is 281 g/mol. The second kappa shape index (κ2) is 6.18. The number of benzene rings is 1. The Labute approximate surface area is 109 Å². The zero-order chi connectivity index (χ0) is 12.1. The van der Waals surface area contributed by atoms with Crippen LogP contribution in [-0.4, -0.2) is 18.1 Å². The maximum Gasteiger partial charge on any atom is 0.412 e. The van der Waals surface area contributed by atoms with Gasteiger partial charge in [-0.15, -0.1) is 11.6 Å². The lowest BCUT2D eigenvalue weighted by molar-refractivity contribution is 0.131. The molecule has 0 aliphatic carbocycles. The van der Waals surface area contributed by atoms with Crippen molar-refractivity contribution in [1.82, 2.24) is 0 Å². The van der Waals surface area contributed by atoms with E-state index in [1.54, 1.807) is 25.1 Å². The molecule has 0 bridgehead atoms. The van der Waals surface area contributed by atoms with Gasteiger partial charge in [0.05, 0.1) is 21.6 Å². The molecule has 3 nitrogen and oxygen atoms in total. The zero-order valence-electron chi connectivity index (χ0n) is 8.47. The van der Waals surface area contributed by atoms with Crippen molar-refractivity contribution in [1.29, 1.82) is 0 Å². The summed E-state index contributed by atoms with van der Waals surface area (Å²) in [6.07, 6.45) is -1.01. The number of hydrogen-bond acceptors (Lipinski definition) is 2. The average molecular weight is 283 g/mol. The zero-order valence-corrected chi connectivity index (χ0v) is 10.7. The molecule has 1 rings (SSSR count). The molecule has 16 heavy (non-hydrogen) atoms. The van der Waals surface area contributed by atoms with Gasteiger partial charge in [-0.2, -0.15) is 0 Å². The minimum atomic E-state index is -0.636. The van der Waals surface area contributed by atoms with Crippen LogP contribution >= 0.6 is 34.8 Å². The summed E-state index contributed by atoms with van der Waals surface area (Å²) in [5, 5.41) is 3.16. The van der Waals surface area contributed by atoms with Crippen molar-refractivity contribution >= 4 is 46.6 Å². The van der Waals surface area contributed by atoms with Gasteiger partial charge in [0.25, 0.3) is 0 Å². The molecule has 0 radical (unpaired) electrons. The molecule has 0 fully saturated rings. The summed E-state index contributed by atoms with van der Waals surface area (Å²) in [6.45, 7) is 1.68. The number of halogens is 3. The van der Waals surface area contributed by atoms with E-state index in [1.165, 1.54) is 0 Å². The molecule has 1 amide bonds. The Morgan fingerprint density at radius 3 is 2.50 bits per heavy atom. The van der Waals surface area contributed by atoms with Crippen LogP contribution in [0.1, 0.15) is 6.92 Å². The maximum atomic E-state index is 11.4. The van der Waals surface area contributed by atoms with Gasteiger partial charge in [0.2, 0.25) is 0 Å². The van der Waals surface area contributed by atoms with Gasteiger partial charge < -0.3 is 4.74 Å². The van der Waals surface area contributed by atoms with Crippen molar-refractivity contribution in [3.05, 3.63) is 28.2 Å². The highest BCUT2D eigenvalue weighted by atomic mass is 35.5. The van der Waals surface area contributed by atoms with Gasteiger partial charge >= 0.3 is 6.09 Å². The normalized spacial score (nSPS) is 12.0. The Balaban J connectivity index is 2.70. The predicted octanol–water partition coefficient (Wildman–Crippen LogP) is 4.17. The molecule has 1 N–H and O–H groups in total. The summed E-state index contributed by atoms with van der Waals surface area (Å²) >= 11 is 17.2. The van der Waals surface area contributed by atoms with E-state index in [1.807, 2.05) is 0 Å². The molecule has 0 unspecified atom stereocenters. The Bertz CT molecular complexity index is 364. The van der Waals surface area contributed by atoms with E-state index in [-0.39, 0.29) is 12.0 Å². The molecule has 6 heteroatoms. The van der Waals surface area contributed by atoms with Crippen molar-refractivity contribution < 1.29 is 9.53 Å². The molecule has 0 aliphatic rings. The van der Waals surface area contributed by atoms with E-state index in [4.69, 9.17) is 39.5 Å². The molecule has 1 aromatic rings. The van der Waals surface area contributed by atoms with Gasteiger partial charge in [-0.1, -0.05) is 29.3 Å². The van der Waals surface area contributed by atoms with E-state index >= 15 is 0 Å². The molecule has 1 atom stereocenters. The SMILES string of the molecule is C[C@@H](CCl)OC(=O)Nc1c(Cl)cccc1Cl. The van der Waals surface area contributed by atoms with Crippen LogP contribution in [-0.2, 0) is 4.74 Å². The molecule has 0 saturated heterocycles. The minimum Gasteiger partial charge on any atom is -0.445 e. The van der Waals surface area contributed by atoms with Crippen LogP contribution in [0.4, 0.5) is 10.5 Å². The summed E-state index contributed by atoms with van der Waals surface area (Å²) in [4.78, 5) is 11.4. The maximum absolute atomic E-state index is 11.4. The van der Waals surface area contributed by atoms with Crippen molar-refractivity contribution in [3.8, 4) is 0 Å². The third kappa shape index (κ3) is 3.74. The van der Waals surface area contributed by atoms with Crippen LogP contribution in [0.15, 0.2) is 18.2 Å². The average Bonchev–Trinajstić information content (AvgIpc) is 2.23. The molecule has 0 spiro atoms.